The van der Waals surface area contributed by atoms with Gasteiger partial charge in [-0.25, -0.2) is 8.42 Å². The number of nitrogens with one attached hydrogen (secondary N) is 1. The maximum atomic E-state index is 12.6. The van der Waals surface area contributed by atoms with Gasteiger partial charge in [0.05, 0.1) is 16.3 Å². The smallest absolute Gasteiger partial charge is 0.324 e. The fourth-order valence-corrected chi connectivity index (χ4v) is 3.45. The van der Waals surface area contributed by atoms with Gasteiger partial charge < -0.3 is 9.88 Å². The minimum absolute atomic E-state index is 0.0497. The highest BCUT2D eigenvalue weighted by atomic mass is 32.2. The lowest BCUT2D eigenvalue weighted by molar-refractivity contribution is -0.147. The summed E-state index contributed by atoms with van der Waals surface area (Å²) in [6.45, 7) is 0. The van der Waals surface area contributed by atoms with Crippen molar-refractivity contribution in [3.8, 4) is 0 Å². The van der Waals surface area contributed by atoms with Crippen LogP contribution in [-0.4, -0.2) is 41.1 Å². The van der Waals surface area contributed by atoms with E-state index >= 15 is 0 Å². The molecule has 0 bridgehead atoms. The predicted molar refractivity (Wildman–Crippen MR) is 84.9 cm³/mol. The van der Waals surface area contributed by atoms with Crippen molar-refractivity contribution in [2.24, 2.45) is 7.05 Å². The second-order valence-corrected chi connectivity index (χ2v) is 7.89. The number of rotatable bonds is 5. The third-order valence-electron chi connectivity index (χ3n) is 2.98. The number of hydrogen-bond acceptors (Lipinski definition) is 6. The largest absolute Gasteiger partial charge is 0.451 e. The second kappa shape index (κ2) is 7.04. The van der Waals surface area contributed by atoms with Gasteiger partial charge in [0, 0.05) is 13.3 Å². The third kappa shape index (κ3) is 4.72. The normalized spacial score (nSPS) is 12.2. The number of halogens is 3. The Morgan fingerprint density at radius 1 is 1.28 bits per heavy atom. The first-order chi connectivity index (χ1) is 11.5. The molecule has 25 heavy (non-hydrogen) atoms. The molecule has 0 aliphatic heterocycles. The Hall–Kier alpha value is -2.08. The van der Waals surface area contributed by atoms with Crippen LogP contribution in [0.4, 0.5) is 18.9 Å². The van der Waals surface area contributed by atoms with Crippen LogP contribution in [0.25, 0.3) is 0 Å². The summed E-state index contributed by atoms with van der Waals surface area (Å²) in [6.07, 6.45) is -3.64. The van der Waals surface area contributed by atoms with Crippen molar-refractivity contribution < 1.29 is 26.4 Å². The molecule has 0 aliphatic carbocycles. The van der Waals surface area contributed by atoms with Crippen LogP contribution in [0, 0.1) is 0 Å². The van der Waals surface area contributed by atoms with Gasteiger partial charge in [-0.1, -0.05) is 23.9 Å². The predicted octanol–water partition coefficient (Wildman–Crippen LogP) is 1.97. The zero-order valence-corrected chi connectivity index (χ0v) is 14.7. The van der Waals surface area contributed by atoms with E-state index < -0.39 is 27.7 Å². The van der Waals surface area contributed by atoms with Gasteiger partial charge in [-0.2, -0.15) is 13.2 Å². The lowest BCUT2D eigenvalue weighted by Gasteiger charge is -2.09. The SMILES string of the molecule is Cn1c(SCC(=O)Nc2ccccc2S(C)(=O)=O)nnc1C(F)(F)F. The average molecular weight is 394 g/mol. The summed E-state index contributed by atoms with van der Waals surface area (Å²) in [7, 11) is -2.40. The first-order valence-corrected chi connectivity index (χ1v) is 9.56. The zero-order chi connectivity index (χ0) is 18.8. The fraction of sp³-hybridized carbons (Fsp3) is 0.308. The van der Waals surface area contributed by atoms with Crippen LogP contribution in [0.15, 0.2) is 34.3 Å². The molecule has 0 radical (unpaired) electrons. The summed E-state index contributed by atoms with van der Waals surface area (Å²) in [5.41, 5.74) is 0.101. The number of hydrogen-bond donors (Lipinski definition) is 1. The summed E-state index contributed by atoms with van der Waals surface area (Å²) < 4.78 is 62.0. The number of para-hydroxylation sites is 1. The number of amides is 1. The highest BCUT2D eigenvalue weighted by Gasteiger charge is 2.37. The molecule has 1 N–H and O–H groups in total. The Labute approximate surface area is 145 Å². The summed E-state index contributed by atoms with van der Waals surface area (Å²) in [5.74, 6) is -2.02. The average Bonchev–Trinajstić information content (AvgIpc) is 2.85. The van der Waals surface area contributed by atoms with Gasteiger partial charge in [0.15, 0.2) is 15.0 Å². The van der Waals surface area contributed by atoms with E-state index in [1.165, 1.54) is 18.2 Å². The molecule has 2 aromatic rings. The zero-order valence-electron chi connectivity index (χ0n) is 13.0. The number of sulfone groups is 1. The van der Waals surface area contributed by atoms with Crippen LogP contribution in [0.3, 0.4) is 0 Å². The fourth-order valence-electron chi connectivity index (χ4n) is 1.90. The highest BCUT2D eigenvalue weighted by Crippen LogP contribution is 2.29. The van der Waals surface area contributed by atoms with Gasteiger partial charge >= 0.3 is 6.18 Å². The molecule has 0 aliphatic rings. The van der Waals surface area contributed by atoms with Crippen molar-refractivity contribution in [3.63, 3.8) is 0 Å². The van der Waals surface area contributed by atoms with Gasteiger partial charge in [-0.3, -0.25) is 4.79 Å². The molecule has 0 atom stereocenters. The standard InChI is InChI=1S/C13H13F3N4O3S2/c1-20-11(13(14,15)16)18-19-12(20)24-7-10(21)17-8-5-3-4-6-9(8)25(2,22)23/h3-6H,7H2,1-2H3,(H,17,21). The van der Waals surface area contributed by atoms with Crippen molar-refractivity contribution in [3.05, 3.63) is 30.1 Å². The van der Waals surface area contributed by atoms with Gasteiger partial charge in [0.2, 0.25) is 11.7 Å². The van der Waals surface area contributed by atoms with Crippen molar-refractivity contribution in [2.75, 3.05) is 17.3 Å². The van der Waals surface area contributed by atoms with E-state index in [0.717, 1.165) is 29.6 Å². The van der Waals surface area contributed by atoms with E-state index in [4.69, 9.17) is 0 Å². The van der Waals surface area contributed by atoms with E-state index in [2.05, 4.69) is 15.5 Å². The number of anilines is 1. The van der Waals surface area contributed by atoms with E-state index in [0.29, 0.717) is 0 Å². The number of carbonyl (C=O) groups is 1. The van der Waals surface area contributed by atoms with Crippen LogP contribution in [-0.2, 0) is 27.9 Å². The van der Waals surface area contributed by atoms with Crippen molar-refractivity contribution in [1.29, 1.82) is 0 Å². The number of nitrogens with zero attached hydrogens (tertiary/aromatic N) is 3. The molecule has 0 saturated carbocycles. The molecular weight excluding hydrogens is 381 g/mol. The van der Waals surface area contributed by atoms with Crippen LogP contribution in [0.2, 0.25) is 0 Å². The molecule has 12 heteroatoms. The minimum Gasteiger partial charge on any atom is -0.324 e. The molecule has 0 spiro atoms. The Morgan fingerprint density at radius 3 is 2.48 bits per heavy atom. The van der Waals surface area contributed by atoms with Crippen LogP contribution in [0.1, 0.15) is 5.82 Å². The van der Waals surface area contributed by atoms with Gasteiger partial charge in [-0.05, 0) is 12.1 Å². The van der Waals surface area contributed by atoms with Gasteiger partial charge in [-0.15, -0.1) is 10.2 Å². The minimum atomic E-state index is -4.64. The van der Waals surface area contributed by atoms with Crippen molar-refractivity contribution in [1.82, 2.24) is 14.8 Å². The van der Waals surface area contributed by atoms with E-state index in [1.54, 1.807) is 6.07 Å². The molecule has 1 aromatic carbocycles. The van der Waals surface area contributed by atoms with Crippen molar-refractivity contribution in [2.45, 2.75) is 16.2 Å². The highest BCUT2D eigenvalue weighted by molar-refractivity contribution is 7.99. The lowest BCUT2D eigenvalue weighted by Crippen LogP contribution is -2.17. The summed E-state index contributed by atoms with van der Waals surface area (Å²) in [6, 6.07) is 5.83. The molecule has 0 unspecified atom stereocenters. The quantitative estimate of drug-likeness (QED) is 0.780. The number of alkyl halides is 3. The molecule has 136 valence electrons. The van der Waals surface area contributed by atoms with Crippen LogP contribution in [0.5, 0.6) is 0 Å². The molecular formula is C13H13F3N4O3S2. The summed E-state index contributed by atoms with van der Waals surface area (Å²) in [5, 5.41) is 8.79. The molecule has 1 aromatic heterocycles. The first kappa shape index (κ1) is 19.2. The molecule has 0 fully saturated rings. The van der Waals surface area contributed by atoms with Crippen LogP contribution >= 0.6 is 11.8 Å². The van der Waals surface area contributed by atoms with E-state index in [1.807, 2.05) is 0 Å². The Morgan fingerprint density at radius 2 is 1.92 bits per heavy atom. The molecule has 0 saturated heterocycles. The second-order valence-electron chi connectivity index (χ2n) is 4.97. The monoisotopic (exact) mass is 394 g/mol. The molecule has 1 heterocycles. The van der Waals surface area contributed by atoms with Gasteiger partial charge in [0.1, 0.15) is 0 Å². The Kier molecular flexibility index (Phi) is 5.42. The maximum Gasteiger partial charge on any atom is 0.451 e. The third-order valence-corrected chi connectivity index (χ3v) is 5.16. The lowest BCUT2D eigenvalue weighted by atomic mass is 10.3. The number of aromatic nitrogens is 3. The van der Waals surface area contributed by atoms with E-state index in [-0.39, 0.29) is 21.5 Å². The van der Waals surface area contributed by atoms with Crippen LogP contribution < -0.4 is 5.32 Å². The Bertz CT molecular complexity index is 894. The van der Waals surface area contributed by atoms with E-state index in [9.17, 15) is 26.4 Å². The summed E-state index contributed by atoms with van der Waals surface area (Å²) in [4.78, 5) is 11.9. The first-order valence-electron chi connectivity index (χ1n) is 6.68. The molecule has 1 amide bonds. The Balaban J connectivity index is 2.07. The molecule has 2 rings (SSSR count). The number of benzene rings is 1. The molecule has 7 nitrogen and oxygen atoms in total. The van der Waals surface area contributed by atoms with Gasteiger partial charge in [0.25, 0.3) is 0 Å². The summed E-state index contributed by atoms with van der Waals surface area (Å²) >= 11 is 0.753. The number of carbonyl (C=O) groups excluding carboxylic acids is 1. The topological polar surface area (TPSA) is 94.0 Å². The maximum absolute atomic E-state index is 12.6. The number of thioether (sulfide) groups is 1. The van der Waals surface area contributed by atoms with Crippen molar-refractivity contribution >= 4 is 33.2 Å².